The Bertz CT molecular complexity index is 577. The minimum atomic E-state index is -1.30. The van der Waals surface area contributed by atoms with E-state index in [0.29, 0.717) is 0 Å². The number of nitro groups is 1. The molecule has 8 heteroatoms. The number of rotatable bonds is 4. The average Bonchev–Trinajstić information content (AvgIpc) is 2.27. The van der Waals surface area contributed by atoms with Crippen molar-refractivity contribution in [1.82, 2.24) is 0 Å². The van der Waals surface area contributed by atoms with Gasteiger partial charge in [-0.25, -0.2) is 9.59 Å². The van der Waals surface area contributed by atoms with Crippen LogP contribution in [0.4, 0.5) is 10.5 Å². The number of carbonyl (C=O) groups is 2. The Morgan fingerprint density at radius 2 is 2.00 bits per heavy atom. The number of anilines is 1. The molecule has 0 unspecified atom stereocenters. The topological polar surface area (TPSA) is 119 Å². The van der Waals surface area contributed by atoms with Crippen molar-refractivity contribution in [3.8, 4) is 0 Å². The number of nitrogens with one attached hydrogen (secondary N) is 1. The van der Waals surface area contributed by atoms with E-state index < -0.39 is 29.1 Å². The van der Waals surface area contributed by atoms with Gasteiger partial charge in [-0.05, 0) is 26.8 Å². The molecule has 0 saturated carbocycles. The number of hydrogen-bond donors (Lipinski definition) is 2. The Kier molecular flexibility index (Phi) is 4.85. The van der Waals surface area contributed by atoms with Gasteiger partial charge >= 0.3 is 12.1 Å². The first kappa shape index (κ1) is 16.4. The molecule has 1 rings (SSSR count). The zero-order chi connectivity index (χ0) is 16.2. The summed E-state index contributed by atoms with van der Waals surface area (Å²) in [4.78, 5) is 32.9. The maximum Gasteiger partial charge on any atom is 0.412 e. The molecule has 0 fully saturated rings. The number of ether oxygens (including phenoxy) is 1. The highest BCUT2D eigenvalue weighted by Gasteiger charge is 2.22. The lowest BCUT2D eigenvalue weighted by atomic mass is 10.1. The predicted molar refractivity (Wildman–Crippen MR) is 74.0 cm³/mol. The zero-order valence-corrected chi connectivity index (χ0v) is 11.9. The van der Waals surface area contributed by atoms with E-state index in [9.17, 15) is 19.7 Å². The summed E-state index contributed by atoms with van der Waals surface area (Å²) in [5.41, 5.74) is -1.05. The normalized spacial score (nSPS) is 10.8. The van der Waals surface area contributed by atoms with E-state index in [1.807, 2.05) is 0 Å². The summed E-state index contributed by atoms with van der Waals surface area (Å²) in [5.74, 6) is -1.30. The lowest BCUT2D eigenvalue weighted by Crippen LogP contribution is -2.28. The summed E-state index contributed by atoms with van der Waals surface area (Å²) in [6.07, 6.45) is -0.874. The quantitative estimate of drug-likeness (QED) is 0.650. The SMILES string of the molecule is CC(C)(C)OC(=O)Nc1c(C[N+](=O)[O-])cccc1C(=O)O. The molecule has 0 aromatic heterocycles. The first-order valence-corrected chi connectivity index (χ1v) is 6.07. The van der Waals surface area contributed by atoms with Crippen molar-refractivity contribution in [3.63, 3.8) is 0 Å². The third-order valence-corrected chi connectivity index (χ3v) is 2.31. The second-order valence-electron chi connectivity index (χ2n) is 5.26. The number of hydrogen-bond acceptors (Lipinski definition) is 5. The van der Waals surface area contributed by atoms with E-state index in [0.717, 1.165) is 0 Å². The number of amides is 1. The van der Waals surface area contributed by atoms with Crippen molar-refractivity contribution >= 4 is 17.7 Å². The first-order valence-electron chi connectivity index (χ1n) is 6.07. The van der Waals surface area contributed by atoms with Crippen molar-refractivity contribution in [1.29, 1.82) is 0 Å². The van der Waals surface area contributed by atoms with Crippen LogP contribution in [0.1, 0.15) is 36.7 Å². The third-order valence-electron chi connectivity index (χ3n) is 2.31. The number of aromatic carboxylic acids is 1. The lowest BCUT2D eigenvalue weighted by molar-refractivity contribution is -0.496. The highest BCUT2D eigenvalue weighted by Crippen LogP contribution is 2.23. The Balaban J connectivity index is 3.14. The Morgan fingerprint density at radius 3 is 2.48 bits per heavy atom. The van der Waals surface area contributed by atoms with Crippen LogP contribution >= 0.6 is 0 Å². The van der Waals surface area contributed by atoms with Gasteiger partial charge in [0.05, 0.1) is 11.3 Å². The van der Waals surface area contributed by atoms with Crippen molar-refractivity contribution < 1.29 is 24.4 Å². The van der Waals surface area contributed by atoms with Crippen LogP contribution in [0.3, 0.4) is 0 Å². The molecule has 8 nitrogen and oxygen atoms in total. The van der Waals surface area contributed by atoms with Crippen molar-refractivity contribution in [2.45, 2.75) is 32.9 Å². The van der Waals surface area contributed by atoms with Crippen LogP contribution in [0.2, 0.25) is 0 Å². The maximum atomic E-state index is 11.7. The van der Waals surface area contributed by atoms with Gasteiger partial charge in [0.2, 0.25) is 6.54 Å². The molecule has 0 saturated heterocycles. The molecule has 0 radical (unpaired) electrons. The summed E-state index contributed by atoms with van der Waals surface area (Å²) >= 11 is 0. The summed E-state index contributed by atoms with van der Waals surface area (Å²) < 4.78 is 5.02. The fraction of sp³-hybridized carbons (Fsp3) is 0.385. The number of benzene rings is 1. The van der Waals surface area contributed by atoms with Crippen LogP contribution in [0.5, 0.6) is 0 Å². The molecule has 0 bridgehead atoms. The van der Waals surface area contributed by atoms with Gasteiger partial charge in [-0.1, -0.05) is 12.1 Å². The van der Waals surface area contributed by atoms with Crippen LogP contribution < -0.4 is 5.32 Å². The van der Waals surface area contributed by atoms with Crippen LogP contribution in [0.15, 0.2) is 18.2 Å². The minimum Gasteiger partial charge on any atom is -0.478 e. The molecule has 0 heterocycles. The molecule has 0 aliphatic heterocycles. The number of para-hydroxylation sites is 1. The molecule has 1 aromatic carbocycles. The number of carboxylic acids is 1. The second kappa shape index (κ2) is 6.21. The molecule has 2 N–H and O–H groups in total. The van der Waals surface area contributed by atoms with Gasteiger partial charge in [-0.2, -0.15) is 0 Å². The van der Waals surface area contributed by atoms with Gasteiger partial charge in [-0.3, -0.25) is 15.4 Å². The van der Waals surface area contributed by atoms with Gasteiger partial charge in [0.25, 0.3) is 0 Å². The molecule has 0 spiro atoms. The van der Waals surface area contributed by atoms with E-state index in [-0.39, 0.29) is 16.8 Å². The predicted octanol–water partition coefficient (Wildman–Crippen LogP) is 2.51. The number of carboxylic acid groups (broad SMARTS) is 1. The first-order chi connectivity index (χ1) is 9.60. The summed E-state index contributed by atoms with van der Waals surface area (Å²) in [7, 11) is 0. The van der Waals surface area contributed by atoms with Gasteiger partial charge in [-0.15, -0.1) is 0 Å². The molecular weight excluding hydrogens is 280 g/mol. The van der Waals surface area contributed by atoms with E-state index in [1.165, 1.54) is 18.2 Å². The van der Waals surface area contributed by atoms with Crippen LogP contribution in [-0.4, -0.2) is 27.7 Å². The van der Waals surface area contributed by atoms with Gasteiger partial charge in [0.1, 0.15) is 5.60 Å². The largest absolute Gasteiger partial charge is 0.478 e. The Hall–Kier alpha value is -2.64. The van der Waals surface area contributed by atoms with Crippen LogP contribution in [0, 0.1) is 10.1 Å². The zero-order valence-electron chi connectivity index (χ0n) is 11.9. The summed E-state index contributed by atoms with van der Waals surface area (Å²) in [6, 6.07) is 4.00. The van der Waals surface area contributed by atoms with Crippen molar-refractivity contribution in [3.05, 3.63) is 39.4 Å². The smallest absolute Gasteiger partial charge is 0.412 e. The number of nitrogens with zero attached hydrogens (tertiary/aromatic N) is 1. The minimum absolute atomic E-state index is 0.0887. The highest BCUT2D eigenvalue weighted by molar-refractivity contribution is 5.99. The van der Waals surface area contributed by atoms with Crippen molar-refractivity contribution in [2.75, 3.05) is 5.32 Å². The Labute approximate surface area is 120 Å². The van der Waals surface area contributed by atoms with Gasteiger partial charge in [0, 0.05) is 10.5 Å². The molecule has 114 valence electrons. The summed E-state index contributed by atoms with van der Waals surface area (Å²) in [5, 5.41) is 22.0. The van der Waals surface area contributed by atoms with Crippen molar-refractivity contribution in [2.24, 2.45) is 0 Å². The lowest BCUT2D eigenvalue weighted by Gasteiger charge is -2.20. The molecule has 21 heavy (non-hydrogen) atoms. The van der Waals surface area contributed by atoms with Gasteiger partial charge in [0.15, 0.2) is 0 Å². The molecule has 0 atom stereocenters. The molecule has 0 aliphatic rings. The van der Waals surface area contributed by atoms with Gasteiger partial charge < -0.3 is 9.84 Å². The second-order valence-corrected chi connectivity index (χ2v) is 5.26. The van der Waals surface area contributed by atoms with Crippen LogP contribution in [-0.2, 0) is 11.3 Å². The molecular formula is C13H16N2O6. The molecule has 1 amide bonds. The van der Waals surface area contributed by atoms with E-state index in [4.69, 9.17) is 9.84 Å². The summed E-state index contributed by atoms with van der Waals surface area (Å²) in [6.45, 7) is 4.33. The molecule has 0 aliphatic carbocycles. The monoisotopic (exact) mass is 296 g/mol. The fourth-order valence-corrected chi connectivity index (χ4v) is 1.60. The standard InChI is InChI=1S/C13H16N2O6/c1-13(2,3)21-12(18)14-10-8(7-15(19)20)5-4-6-9(10)11(16)17/h4-6H,7H2,1-3H3,(H,14,18)(H,16,17). The van der Waals surface area contributed by atoms with Crippen LogP contribution in [0.25, 0.3) is 0 Å². The average molecular weight is 296 g/mol. The fourth-order valence-electron chi connectivity index (χ4n) is 1.60. The highest BCUT2D eigenvalue weighted by atomic mass is 16.6. The number of carbonyl (C=O) groups excluding carboxylic acids is 1. The Morgan fingerprint density at radius 1 is 1.38 bits per heavy atom. The third kappa shape index (κ3) is 5.09. The van der Waals surface area contributed by atoms with E-state index in [2.05, 4.69) is 5.32 Å². The van der Waals surface area contributed by atoms with E-state index >= 15 is 0 Å². The maximum absolute atomic E-state index is 11.7. The van der Waals surface area contributed by atoms with E-state index in [1.54, 1.807) is 20.8 Å². The molecule has 1 aromatic rings.